The smallest absolute Gasteiger partial charge is 0.0731 e. The Labute approximate surface area is 356 Å². The fourth-order valence-corrected chi connectivity index (χ4v) is 12.6. The summed E-state index contributed by atoms with van der Waals surface area (Å²) < 4.78 is 5.14. The maximum Gasteiger partial charge on any atom is 0.0731 e. The first-order chi connectivity index (χ1) is 30.3. The fourth-order valence-electron chi connectivity index (χ4n) is 11.2. The van der Waals surface area contributed by atoms with Gasteiger partial charge in [-0.15, -0.1) is 11.3 Å². The van der Waals surface area contributed by atoms with Gasteiger partial charge in [0.05, 0.1) is 26.9 Å². The fraction of sp³-hybridized carbons (Fsp3) is 0.0690. The van der Waals surface area contributed by atoms with E-state index in [1.165, 1.54) is 125 Å². The van der Waals surface area contributed by atoms with E-state index in [4.69, 9.17) is 0 Å². The molecule has 0 N–H and O–H groups in total. The van der Waals surface area contributed by atoms with Crippen LogP contribution in [-0.2, 0) is 6.42 Å². The van der Waals surface area contributed by atoms with Crippen LogP contribution < -0.4 is 0 Å². The van der Waals surface area contributed by atoms with Crippen LogP contribution in [0.1, 0.15) is 40.5 Å². The van der Waals surface area contributed by atoms with Gasteiger partial charge in [-0.05, 0) is 105 Å². The summed E-state index contributed by atoms with van der Waals surface area (Å²) in [6.07, 6.45) is 14.6. The van der Waals surface area contributed by atoms with Crippen LogP contribution >= 0.6 is 11.3 Å². The van der Waals surface area contributed by atoms with E-state index in [0.717, 1.165) is 19.3 Å². The maximum atomic E-state index is 2.60. The number of aromatic nitrogens is 2. The summed E-state index contributed by atoms with van der Waals surface area (Å²) in [7, 11) is 0. The second kappa shape index (κ2) is 12.7. The molecule has 0 saturated carbocycles. The maximum absolute atomic E-state index is 2.60. The molecule has 8 aromatic carbocycles. The van der Waals surface area contributed by atoms with Gasteiger partial charge in [-0.1, -0.05) is 152 Å². The Kier molecular flexibility index (Phi) is 6.97. The summed E-state index contributed by atoms with van der Waals surface area (Å²) in [5.74, 6) is 0.384. The van der Waals surface area contributed by atoms with E-state index in [2.05, 4.69) is 197 Å². The molecule has 0 spiro atoms. The predicted octanol–water partition coefficient (Wildman–Crippen LogP) is 16.1. The van der Waals surface area contributed by atoms with Gasteiger partial charge in [-0.25, -0.2) is 0 Å². The third-order valence-corrected chi connectivity index (χ3v) is 15.2. The van der Waals surface area contributed by atoms with Crippen molar-refractivity contribution in [3.05, 3.63) is 204 Å². The lowest BCUT2D eigenvalue weighted by molar-refractivity contribution is 0.880. The predicted molar refractivity (Wildman–Crippen MR) is 262 cm³/mol. The van der Waals surface area contributed by atoms with Crippen LogP contribution in [0.3, 0.4) is 0 Å². The number of hydrogen-bond acceptors (Lipinski definition) is 1. The number of allylic oxidation sites excluding steroid dienone is 5. The van der Waals surface area contributed by atoms with Crippen molar-refractivity contribution in [2.75, 3.05) is 0 Å². The first-order valence-corrected chi connectivity index (χ1v) is 22.4. The highest BCUT2D eigenvalue weighted by Crippen LogP contribution is 2.51. The molecule has 2 aliphatic carbocycles. The first-order valence-electron chi connectivity index (χ1n) is 21.6. The summed E-state index contributed by atoms with van der Waals surface area (Å²) >= 11 is 1.99. The van der Waals surface area contributed by atoms with E-state index in [1.54, 1.807) is 0 Å². The number of thiophene rings is 1. The zero-order chi connectivity index (χ0) is 39.8. The van der Waals surface area contributed by atoms with E-state index >= 15 is 0 Å². The molecule has 4 heterocycles. The van der Waals surface area contributed by atoms with Crippen LogP contribution in [0.2, 0.25) is 0 Å². The second-order valence-electron chi connectivity index (χ2n) is 17.0. The first kappa shape index (κ1) is 33.6. The normalized spacial score (nSPS) is 15.5. The number of nitrogens with zero attached hydrogens (tertiary/aromatic N) is 2. The van der Waals surface area contributed by atoms with Crippen LogP contribution in [0, 0.1) is 0 Å². The van der Waals surface area contributed by atoms with Gasteiger partial charge < -0.3 is 8.97 Å². The van der Waals surface area contributed by atoms with Gasteiger partial charge in [0.25, 0.3) is 0 Å². The number of rotatable bonds is 4. The van der Waals surface area contributed by atoms with Crippen molar-refractivity contribution in [3.63, 3.8) is 0 Å². The molecule has 61 heavy (non-hydrogen) atoms. The summed E-state index contributed by atoms with van der Waals surface area (Å²) in [5, 5.41) is 14.6. The van der Waals surface area contributed by atoms with Crippen molar-refractivity contribution in [3.8, 4) is 16.1 Å². The monoisotopic (exact) mass is 794 g/mol. The van der Waals surface area contributed by atoms with Gasteiger partial charge in [-0.2, -0.15) is 0 Å². The lowest BCUT2D eigenvalue weighted by Gasteiger charge is -2.19. The molecule has 2 aliphatic rings. The lowest BCUT2D eigenvalue weighted by atomic mass is 9.90. The molecule has 1 unspecified atom stereocenters. The summed E-state index contributed by atoms with van der Waals surface area (Å²) in [6.45, 7) is 0. The molecule has 0 radical (unpaired) electrons. The molecule has 12 aromatic rings. The minimum absolute atomic E-state index is 0.384. The molecule has 0 fully saturated rings. The van der Waals surface area contributed by atoms with Crippen LogP contribution in [0.15, 0.2) is 182 Å². The number of benzene rings is 8. The van der Waals surface area contributed by atoms with Gasteiger partial charge in [0.1, 0.15) is 0 Å². The Morgan fingerprint density at radius 2 is 1.20 bits per heavy atom. The van der Waals surface area contributed by atoms with E-state index in [1.807, 2.05) is 11.3 Å². The van der Waals surface area contributed by atoms with Crippen molar-refractivity contribution in [1.82, 2.24) is 8.97 Å². The summed E-state index contributed by atoms with van der Waals surface area (Å²) in [6, 6.07) is 59.2. The average Bonchev–Trinajstić information content (AvgIpc) is 4.08. The quantitative estimate of drug-likeness (QED) is 0.157. The van der Waals surface area contributed by atoms with E-state index in [0.29, 0.717) is 5.92 Å². The highest BCUT2D eigenvalue weighted by atomic mass is 32.1. The Balaban J connectivity index is 0.947. The minimum atomic E-state index is 0.384. The Morgan fingerprint density at radius 3 is 1.98 bits per heavy atom. The van der Waals surface area contributed by atoms with Crippen LogP contribution in [0.4, 0.5) is 0 Å². The second-order valence-corrected chi connectivity index (χ2v) is 18.1. The van der Waals surface area contributed by atoms with Gasteiger partial charge in [0, 0.05) is 54.7 Å². The molecule has 3 heteroatoms. The SMILES string of the molecule is C1=CCC(c2sc(-c3ccccc3)c3c2c2cccc4c5cc(C6=Cc7c(n(-c8ccc9c%10ccccc%10c%10ccccc%10c9c8)c8ccccc78)CC6)ccc5n3c42)C=C1. The molecular weight excluding hydrogens is 757 g/mol. The molecule has 0 bridgehead atoms. The molecule has 0 aliphatic heterocycles. The van der Waals surface area contributed by atoms with Crippen LogP contribution in [0.5, 0.6) is 0 Å². The van der Waals surface area contributed by atoms with Crippen molar-refractivity contribution in [1.29, 1.82) is 0 Å². The van der Waals surface area contributed by atoms with Gasteiger partial charge >= 0.3 is 0 Å². The largest absolute Gasteiger partial charge is 0.313 e. The van der Waals surface area contributed by atoms with Gasteiger partial charge in [0.15, 0.2) is 0 Å². The van der Waals surface area contributed by atoms with Crippen molar-refractivity contribution in [2.45, 2.75) is 25.2 Å². The van der Waals surface area contributed by atoms with Crippen molar-refractivity contribution < 1.29 is 0 Å². The number of fused-ring (bicyclic) bond motifs is 15. The third kappa shape index (κ3) is 4.67. The highest BCUT2D eigenvalue weighted by molar-refractivity contribution is 7.17. The molecular formula is C58H38N2S. The van der Waals surface area contributed by atoms with Crippen molar-refractivity contribution in [2.24, 2.45) is 0 Å². The van der Waals surface area contributed by atoms with Crippen LogP contribution in [0.25, 0.3) is 109 Å². The molecule has 2 nitrogen and oxygen atoms in total. The third-order valence-electron chi connectivity index (χ3n) is 13.9. The average molecular weight is 795 g/mol. The topological polar surface area (TPSA) is 9.34 Å². The van der Waals surface area contributed by atoms with E-state index in [9.17, 15) is 0 Å². The zero-order valence-corrected chi connectivity index (χ0v) is 34.2. The minimum Gasteiger partial charge on any atom is -0.313 e. The highest BCUT2D eigenvalue weighted by Gasteiger charge is 2.28. The van der Waals surface area contributed by atoms with Crippen molar-refractivity contribution >= 4 is 104 Å². The van der Waals surface area contributed by atoms with Gasteiger partial charge in [0.2, 0.25) is 0 Å². The molecule has 0 saturated heterocycles. The Bertz CT molecular complexity index is 3870. The Morgan fingerprint density at radius 1 is 0.492 bits per heavy atom. The number of hydrogen-bond donors (Lipinski definition) is 0. The molecule has 286 valence electrons. The number of para-hydroxylation sites is 2. The molecule has 0 amide bonds. The van der Waals surface area contributed by atoms with E-state index in [-0.39, 0.29) is 0 Å². The molecule has 14 rings (SSSR count). The standard InChI is InChI=1S/C58H38N2S/c1-3-14-35(15-4-1)57-54-47-24-13-23-46-50-33-38(27-31-53(50)60(55(46)47)56(54)58(61-57)36-16-5-2-6-17-36)37-26-30-52-49(32-37)45-22-11-12-25-51(45)59(52)39-28-29-44-42-20-8-7-18-40(42)41-19-9-10-21-43(41)48(44)34-39/h1-14,16-25,27-29,31-35H,15,26,30H2. The summed E-state index contributed by atoms with van der Waals surface area (Å²) in [5.41, 5.74) is 13.2. The molecule has 1 atom stereocenters. The van der Waals surface area contributed by atoms with Crippen LogP contribution in [-0.4, -0.2) is 8.97 Å². The Hall–Kier alpha value is -7.20. The zero-order valence-electron chi connectivity index (χ0n) is 33.4. The van der Waals surface area contributed by atoms with E-state index < -0.39 is 0 Å². The summed E-state index contributed by atoms with van der Waals surface area (Å²) in [4.78, 5) is 2.84. The van der Waals surface area contributed by atoms with Gasteiger partial charge in [-0.3, -0.25) is 0 Å². The lowest BCUT2D eigenvalue weighted by Crippen LogP contribution is -2.05. The molecule has 4 aromatic heterocycles.